The van der Waals surface area contributed by atoms with Crippen LogP contribution in [0.1, 0.15) is 49.7 Å². The Bertz CT molecular complexity index is 1080. The van der Waals surface area contributed by atoms with E-state index < -0.39 is 6.04 Å². The molecule has 1 aliphatic rings. The van der Waals surface area contributed by atoms with Crippen LogP contribution in [0.3, 0.4) is 0 Å². The van der Waals surface area contributed by atoms with Gasteiger partial charge in [0, 0.05) is 22.4 Å². The number of hydrogen-bond acceptors (Lipinski definition) is 4. The Labute approximate surface area is 208 Å². The molecule has 1 amide bonds. The van der Waals surface area contributed by atoms with Crippen LogP contribution in [0, 0.1) is 5.92 Å². The van der Waals surface area contributed by atoms with Gasteiger partial charge >= 0.3 is 5.97 Å². The van der Waals surface area contributed by atoms with E-state index in [0.717, 1.165) is 15.7 Å². The molecule has 0 saturated heterocycles. The van der Waals surface area contributed by atoms with E-state index in [1.165, 1.54) is 0 Å². The first-order valence-corrected chi connectivity index (χ1v) is 12.0. The predicted molar refractivity (Wildman–Crippen MR) is 138 cm³/mol. The molecule has 0 aliphatic carbocycles. The van der Waals surface area contributed by atoms with Crippen molar-refractivity contribution in [3.8, 4) is 0 Å². The van der Waals surface area contributed by atoms with Gasteiger partial charge in [0.15, 0.2) is 5.11 Å². The number of halogens is 1. The highest BCUT2D eigenvalue weighted by atomic mass is 79.9. The van der Waals surface area contributed by atoms with Crippen LogP contribution in [0.15, 0.2) is 64.3 Å². The number of allylic oxidation sites excluding steroid dienone is 1. The summed E-state index contributed by atoms with van der Waals surface area (Å²) >= 11 is 8.95. The highest BCUT2D eigenvalue weighted by Crippen LogP contribution is 2.32. The molecule has 8 heteroatoms. The van der Waals surface area contributed by atoms with Crippen LogP contribution in [-0.4, -0.2) is 35.0 Å². The number of carbonyl (C=O) groups is 2. The number of amides is 1. The molecule has 1 aliphatic heterocycles. The molecule has 1 unspecified atom stereocenters. The summed E-state index contributed by atoms with van der Waals surface area (Å²) in [5, 5.41) is 6.75. The molecule has 2 aromatic carbocycles. The molecule has 1 heterocycles. The second-order valence-electron chi connectivity index (χ2n) is 8.17. The lowest BCUT2D eigenvalue weighted by atomic mass is 9.94. The third kappa shape index (κ3) is 5.81. The van der Waals surface area contributed by atoms with Crippen molar-refractivity contribution in [2.45, 2.75) is 33.7 Å². The van der Waals surface area contributed by atoms with Crippen LogP contribution in [-0.2, 0) is 9.53 Å². The molecule has 6 nitrogen and oxygen atoms in total. The molecule has 0 bridgehead atoms. The number of rotatable bonds is 7. The molecule has 0 radical (unpaired) electrons. The number of hydrogen-bond donors (Lipinski definition) is 2. The zero-order chi connectivity index (χ0) is 24.1. The van der Waals surface area contributed by atoms with Crippen molar-refractivity contribution in [2.75, 3.05) is 18.5 Å². The van der Waals surface area contributed by atoms with E-state index in [9.17, 15) is 9.59 Å². The molecule has 2 aromatic rings. The van der Waals surface area contributed by atoms with E-state index in [1.807, 2.05) is 75.1 Å². The van der Waals surface area contributed by atoms with E-state index in [2.05, 4.69) is 26.6 Å². The fraction of sp³-hybridized carbons (Fsp3) is 0.320. The van der Waals surface area contributed by atoms with Gasteiger partial charge in [-0.25, -0.2) is 4.79 Å². The normalized spacial score (nSPS) is 16.0. The summed E-state index contributed by atoms with van der Waals surface area (Å²) < 4.78 is 6.29. The maximum absolute atomic E-state index is 13.0. The maximum Gasteiger partial charge on any atom is 0.338 e. The number of nitrogens with zero attached hydrogens (tertiary/aromatic N) is 1. The molecular weight excluding hydrogens is 502 g/mol. The zero-order valence-electron chi connectivity index (χ0n) is 19.1. The van der Waals surface area contributed by atoms with E-state index >= 15 is 0 Å². The van der Waals surface area contributed by atoms with Crippen molar-refractivity contribution in [3.63, 3.8) is 0 Å². The Balaban J connectivity index is 1.86. The first-order valence-electron chi connectivity index (χ1n) is 10.8. The molecule has 174 valence electrons. The predicted octanol–water partition coefficient (Wildman–Crippen LogP) is 5.43. The molecular formula is C25H28BrN3O3S. The lowest BCUT2D eigenvalue weighted by Crippen LogP contribution is -2.47. The number of thiocarbonyl (C=S) groups is 1. The standard InChI is InChI=1S/C25H28BrN3O3S/c1-5-29-16(4)21(24(31)32-14-15(2)3)22(28-25(29)33)17-10-12-18(13-11-17)27-23(30)19-8-6-7-9-20(19)26/h6-13,15,22H,5,14H2,1-4H3,(H,27,30)(H,28,33). The second kappa shape index (κ2) is 10.9. The van der Waals surface area contributed by atoms with Crippen molar-refractivity contribution < 1.29 is 14.3 Å². The lowest BCUT2D eigenvalue weighted by molar-refractivity contribution is -0.140. The third-order valence-electron chi connectivity index (χ3n) is 5.30. The SMILES string of the molecule is CCN1C(=S)NC(c2ccc(NC(=O)c3ccccc3Br)cc2)C(C(=O)OCC(C)C)=C1C. The quantitative estimate of drug-likeness (QED) is 0.368. The number of carbonyl (C=O) groups excluding carboxylic acids is 2. The van der Waals surface area contributed by atoms with Gasteiger partial charge in [-0.1, -0.05) is 38.1 Å². The summed E-state index contributed by atoms with van der Waals surface area (Å²) in [4.78, 5) is 27.5. The average molecular weight is 530 g/mol. The van der Waals surface area contributed by atoms with Crippen LogP contribution < -0.4 is 10.6 Å². The molecule has 0 saturated carbocycles. The molecule has 0 spiro atoms. The summed E-state index contributed by atoms with van der Waals surface area (Å²) in [6.45, 7) is 8.86. The van der Waals surface area contributed by atoms with Crippen molar-refractivity contribution in [3.05, 3.63) is 75.4 Å². The van der Waals surface area contributed by atoms with E-state index in [-0.39, 0.29) is 17.8 Å². The minimum atomic E-state index is -0.437. The Morgan fingerprint density at radius 3 is 2.45 bits per heavy atom. The van der Waals surface area contributed by atoms with Crippen molar-refractivity contribution in [1.29, 1.82) is 0 Å². The zero-order valence-corrected chi connectivity index (χ0v) is 21.5. The molecule has 1 atom stereocenters. The van der Waals surface area contributed by atoms with Gasteiger partial charge < -0.3 is 20.3 Å². The van der Waals surface area contributed by atoms with Gasteiger partial charge in [-0.3, -0.25) is 4.79 Å². The van der Waals surface area contributed by atoms with Gasteiger partial charge in [-0.2, -0.15) is 0 Å². The van der Waals surface area contributed by atoms with Gasteiger partial charge in [-0.05, 0) is 77.7 Å². The number of nitrogens with one attached hydrogen (secondary N) is 2. The molecule has 0 fully saturated rings. The van der Waals surface area contributed by atoms with Gasteiger partial charge in [0.05, 0.1) is 23.8 Å². The average Bonchev–Trinajstić information content (AvgIpc) is 2.78. The van der Waals surface area contributed by atoms with Gasteiger partial charge in [0.2, 0.25) is 0 Å². The first-order chi connectivity index (χ1) is 15.7. The van der Waals surface area contributed by atoms with Crippen LogP contribution in [0.25, 0.3) is 0 Å². The minimum absolute atomic E-state index is 0.209. The monoisotopic (exact) mass is 529 g/mol. The summed E-state index contributed by atoms with van der Waals surface area (Å²) in [6.07, 6.45) is 0. The van der Waals surface area contributed by atoms with Gasteiger partial charge in [-0.15, -0.1) is 0 Å². The summed E-state index contributed by atoms with van der Waals surface area (Å²) in [6, 6.07) is 14.2. The number of ether oxygens (including phenoxy) is 1. The molecule has 2 N–H and O–H groups in total. The Hall–Kier alpha value is -2.71. The Morgan fingerprint density at radius 1 is 1.18 bits per heavy atom. The minimum Gasteiger partial charge on any atom is -0.462 e. The largest absolute Gasteiger partial charge is 0.462 e. The Kier molecular flexibility index (Phi) is 8.26. The summed E-state index contributed by atoms with van der Waals surface area (Å²) in [5.74, 6) is -0.328. The van der Waals surface area contributed by atoms with E-state index in [4.69, 9.17) is 17.0 Å². The topological polar surface area (TPSA) is 70.7 Å². The van der Waals surface area contributed by atoms with Crippen LogP contribution in [0.4, 0.5) is 5.69 Å². The number of benzene rings is 2. The number of esters is 1. The van der Waals surface area contributed by atoms with Crippen molar-refractivity contribution in [2.24, 2.45) is 5.92 Å². The van der Waals surface area contributed by atoms with E-state index in [0.29, 0.717) is 35.1 Å². The molecule has 0 aromatic heterocycles. The van der Waals surface area contributed by atoms with Crippen LogP contribution in [0.2, 0.25) is 0 Å². The molecule has 3 rings (SSSR count). The van der Waals surface area contributed by atoms with Gasteiger partial charge in [0.1, 0.15) is 0 Å². The smallest absolute Gasteiger partial charge is 0.338 e. The molecule has 33 heavy (non-hydrogen) atoms. The Morgan fingerprint density at radius 2 is 1.85 bits per heavy atom. The lowest BCUT2D eigenvalue weighted by Gasteiger charge is -2.37. The fourth-order valence-corrected chi connectivity index (χ4v) is 4.45. The summed E-state index contributed by atoms with van der Waals surface area (Å²) in [7, 11) is 0. The fourth-order valence-electron chi connectivity index (χ4n) is 3.60. The van der Waals surface area contributed by atoms with Crippen LogP contribution >= 0.6 is 28.1 Å². The van der Waals surface area contributed by atoms with Crippen molar-refractivity contribution in [1.82, 2.24) is 10.2 Å². The highest BCUT2D eigenvalue weighted by Gasteiger charge is 2.34. The number of anilines is 1. The third-order valence-corrected chi connectivity index (χ3v) is 6.33. The van der Waals surface area contributed by atoms with Gasteiger partial charge in [0.25, 0.3) is 5.91 Å². The van der Waals surface area contributed by atoms with Crippen LogP contribution in [0.5, 0.6) is 0 Å². The van der Waals surface area contributed by atoms with E-state index in [1.54, 1.807) is 6.07 Å². The first kappa shape index (κ1) is 24.9. The maximum atomic E-state index is 13.0. The van der Waals surface area contributed by atoms with Crippen molar-refractivity contribution >= 4 is 50.8 Å². The second-order valence-corrected chi connectivity index (χ2v) is 9.42. The highest BCUT2D eigenvalue weighted by molar-refractivity contribution is 9.10. The summed E-state index contributed by atoms with van der Waals surface area (Å²) in [5.41, 5.74) is 3.37.